The summed E-state index contributed by atoms with van der Waals surface area (Å²) in [7, 11) is 0. The van der Waals surface area contributed by atoms with Gasteiger partial charge in [-0.1, -0.05) is 134 Å². The lowest BCUT2D eigenvalue weighted by Crippen LogP contribution is -2.42. The molecule has 1 aliphatic heterocycles. The second-order valence-corrected chi connectivity index (χ2v) is 21.3. The predicted molar refractivity (Wildman–Crippen MR) is 275 cm³/mol. The fourth-order valence-corrected chi connectivity index (χ4v) is 15.1. The minimum atomic E-state index is -0.0687. The average Bonchev–Trinajstić information content (AvgIpc) is 4.04. The first-order valence-corrected chi connectivity index (χ1v) is 26.3. The van der Waals surface area contributed by atoms with Gasteiger partial charge in [-0.15, -0.1) is 0 Å². The summed E-state index contributed by atoms with van der Waals surface area (Å²) >= 11 is 0. The van der Waals surface area contributed by atoms with E-state index in [0.29, 0.717) is 23.7 Å². The molecule has 0 saturated carbocycles. The normalized spacial score (nSPS) is 32.4. The SMILES string of the molecule is C1=CCC(C2=CCCC3=C2OC2C=CC(C4C=CC(N(C5=CC=C(C6=CC7=C(C=CCC7)CC6)CC5)C5C=CC=C6C5C5=C(CCC=C5)C65C6=C(C=CCC6)C6=C5CCC=C6)=CC4)=CC32)C=C1. The number of fused-ring (bicyclic) bond motifs is 9. The second kappa shape index (κ2) is 16.1. The first-order valence-electron chi connectivity index (χ1n) is 26.3. The summed E-state index contributed by atoms with van der Waals surface area (Å²) in [5.41, 5.74) is 24.9. The highest BCUT2D eigenvalue weighted by molar-refractivity contribution is 5.76. The van der Waals surface area contributed by atoms with Crippen LogP contribution in [0.4, 0.5) is 0 Å². The fraction of sp³-hybridized carbons (Fsp3) is 0.354. The summed E-state index contributed by atoms with van der Waals surface area (Å²) < 4.78 is 6.82. The van der Waals surface area contributed by atoms with Gasteiger partial charge in [-0.3, -0.25) is 0 Å². The van der Waals surface area contributed by atoms with E-state index < -0.39 is 0 Å². The number of rotatable bonds is 6. The number of allylic oxidation sites excluding steroid dienone is 34. The van der Waals surface area contributed by atoms with Crippen molar-refractivity contribution in [3.63, 3.8) is 0 Å². The van der Waals surface area contributed by atoms with Crippen LogP contribution in [0.3, 0.4) is 0 Å². The highest BCUT2D eigenvalue weighted by atomic mass is 16.5. The number of hydrogen-bond donors (Lipinski definition) is 0. The molecule has 14 aliphatic rings. The molecular weight excluding hydrogens is 811 g/mol. The summed E-state index contributed by atoms with van der Waals surface area (Å²) in [5.74, 6) is 2.62. The van der Waals surface area contributed by atoms with E-state index in [1.54, 1.807) is 50.2 Å². The molecule has 6 atom stereocenters. The highest BCUT2D eigenvalue weighted by Gasteiger charge is 2.59. The Bertz CT molecular complexity index is 2910. The van der Waals surface area contributed by atoms with Crippen molar-refractivity contribution in [3.8, 4) is 0 Å². The Morgan fingerprint density at radius 3 is 2.19 bits per heavy atom. The van der Waals surface area contributed by atoms with E-state index in [9.17, 15) is 0 Å². The van der Waals surface area contributed by atoms with Gasteiger partial charge >= 0.3 is 0 Å². The van der Waals surface area contributed by atoms with Crippen LogP contribution in [-0.2, 0) is 4.74 Å². The molecule has 0 aromatic carbocycles. The van der Waals surface area contributed by atoms with Crippen molar-refractivity contribution in [2.24, 2.45) is 29.1 Å². The number of ether oxygens (including phenoxy) is 1. The molecule has 0 amide bonds. The maximum Gasteiger partial charge on any atom is 0.127 e. The van der Waals surface area contributed by atoms with Gasteiger partial charge in [-0.2, -0.15) is 0 Å². The van der Waals surface area contributed by atoms with Gasteiger partial charge < -0.3 is 9.64 Å². The molecule has 334 valence electrons. The molecular formula is C65H63NO. The zero-order valence-corrected chi connectivity index (χ0v) is 39.1. The van der Waals surface area contributed by atoms with Crippen LogP contribution in [-0.4, -0.2) is 17.0 Å². The van der Waals surface area contributed by atoms with Crippen LogP contribution in [0.15, 0.2) is 247 Å². The molecule has 0 aromatic heterocycles. The minimum absolute atomic E-state index is 0.0687. The molecule has 14 rings (SSSR count). The van der Waals surface area contributed by atoms with Gasteiger partial charge in [-0.25, -0.2) is 0 Å². The van der Waals surface area contributed by atoms with Gasteiger partial charge in [0.25, 0.3) is 0 Å². The van der Waals surface area contributed by atoms with E-state index in [1.807, 2.05) is 0 Å². The maximum absolute atomic E-state index is 6.82. The smallest absolute Gasteiger partial charge is 0.127 e. The third-order valence-electron chi connectivity index (χ3n) is 18.1. The van der Waals surface area contributed by atoms with Crippen LogP contribution in [0.5, 0.6) is 0 Å². The van der Waals surface area contributed by atoms with Crippen LogP contribution in [0.2, 0.25) is 0 Å². The standard InChI is InChI=1S/C65H63NO/c1-2-15-45(16-3-1)51-21-12-22-54-56-41-48(34-39-62(56)67-64(51)54)44-32-37-50(38-33-44)66(49-35-30-43(31-36-49)47-29-28-42-14-4-5-17-46(42)40-47)61-27-13-26-60-63(61)55-20-8-11-25-59(55)65(60)57-23-9-6-18-52(57)53-19-7-10-24-58(53)65/h1-4,6-8,13-15,18-21,26-27,30,32,34-35,37-41,44-45,56,61-63H,5,9-12,16-17,22-25,28-29,31,33,36H2. The van der Waals surface area contributed by atoms with E-state index in [4.69, 9.17) is 4.74 Å². The maximum atomic E-state index is 6.82. The molecule has 13 aliphatic carbocycles. The fourth-order valence-electron chi connectivity index (χ4n) is 15.1. The van der Waals surface area contributed by atoms with E-state index in [0.717, 1.165) is 83.5 Å². The first-order chi connectivity index (χ1) is 33.2. The average molecular weight is 874 g/mol. The van der Waals surface area contributed by atoms with Crippen molar-refractivity contribution >= 4 is 0 Å². The number of nitrogens with zero attached hydrogens (tertiary/aromatic N) is 1. The number of hydrogen-bond acceptors (Lipinski definition) is 2. The summed E-state index contributed by atoms with van der Waals surface area (Å²) in [6.07, 6.45) is 79.7. The van der Waals surface area contributed by atoms with Crippen molar-refractivity contribution < 1.29 is 4.74 Å². The summed E-state index contributed by atoms with van der Waals surface area (Å²) in [6.45, 7) is 0. The minimum Gasteiger partial charge on any atom is -0.485 e. The monoisotopic (exact) mass is 873 g/mol. The third-order valence-corrected chi connectivity index (χ3v) is 18.1. The lowest BCUT2D eigenvalue weighted by Gasteiger charge is -2.45. The Labute approximate surface area is 398 Å². The topological polar surface area (TPSA) is 12.5 Å². The van der Waals surface area contributed by atoms with Crippen molar-refractivity contribution in [1.82, 2.24) is 4.90 Å². The zero-order valence-electron chi connectivity index (χ0n) is 39.1. The molecule has 1 heterocycles. The van der Waals surface area contributed by atoms with E-state index >= 15 is 0 Å². The third kappa shape index (κ3) is 6.26. The Morgan fingerprint density at radius 1 is 0.567 bits per heavy atom. The predicted octanol–water partition coefficient (Wildman–Crippen LogP) is 15.8. The lowest BCUT2D eigenvalue weighted by atomic mass is 9.62. The Hall–Kier alpha value is -5.86. The zero-order chi connectivity index (χ0) is 44.1. The Balaban J connectivity index is 0.824. The largest absolute Gasteiger partial charge is 0.485 e. The van der Waals surface area contributed by atoms with Crippen molar-refractivity contribution in [2.75, 3.05) is 0 Å². The molecule has 0 saturated heterocycles. The quantitative estimate of drug-likeness (QED) is 0.264. The molecule has 0 bridgehead atoms. The lowest BCUT2D eigenvalue weighted by molar-refractivity contribution is 0.167. The summed E-state index contributed by atoms with van der Waals surface area (Å²) in [5, 5.41) is 0. The summed E-state index contributed by atoms with van der Waals surface area (Å²) in [4.78, 5) is 2.83. The summed E-state index contributed by atoms with van der Waals surface area (Å²) in [6, 6.07) is 0.196. The molecule has 1 spiro atoms. The van der Waals surface area contributed by atoms with Crippen LogP contribution < -0.4 is 0 Å². The molecule has 0 N–H and O–H groups in total. The molecule has 67 heavy (non-hydrogen) atoms. The Morgan fingerprint density at radius 2 is 1.39 bits per heavy atom. The first kappa shape index (κ1) is 40.2. The van der Waals surface area contributed by atoms with Crippen molar-refractivity contribution in [2.45, 2.75) is 115 Å². The van der Waals surface area contributed by atoms with Gasteiger partial charge in [0.05, 0.1) is 11.5 Å². The van der Waals surface area contributed by atoms with E-state index in [-0.39, 0.29) is 17.6 Å². The van der Waals surface area contributed by atoms with Gasteiger partial charge in [0.15, 0.2) is 0 Å². The molecule has 2 nitrogen and oxygen atoms in total. The van der Waals surface area contributed by atoms with Crippen molar-refractivity contribution in [1.29, 1.82) is 0 Å². The second-order valence-electron chi connectivity index (χ2n) is 21.3. The molecule has 2 heteroatoms. The van der Waals surface area contributed by atoms with Crippen LogP contribution in [0, 0.1) is 29.1 Å². The van der Waals surface area contributed by atoms with Crippen LogP contribution in [0.25, 0.3) is 0 Å². The van der Waals surface area contributed by atoms with Gasteiger partial charge in [-0.05, 0) is 199 Å². The van der Waals surface area contributed by atoms with Crippen LogP contribution >= 0.6 is 0 Å². The Kier molecular flexibility index (Phi) is 9.69. The van der Waals surface area contributed by atoms with Gasteiger partial charge in [0.1, 0.15) is 11.9 Å². The van der Waals surface area contributed by atoms with Gasteiger partial charge in [0.2, 0.25) is 0 Å². The van der Waals surface area contributed by atoms with E-state index in [2.05, 4.69) is 157 Å². The van der Waals surface area contributed by atoms with E-state index in [1.165, 1.54) is 64.3 Å². The van der Waals surface area contributed by atoms with Crippen LogP contribution in [0.1, 0.15) is 103 Å². The molecule has 6 unspecified atom stereocenters. The molecule has 0 radical (unpaired) electrons. The van der Waals surface area contributed by atoms with Gasteiger partial charge in [0, 0.05) is 35.1 Å². The van der Waals surface area contributed by atoms with Crippen molar-refractivity contribution in [3.05, 3.63) is 247 Å². The molecule has 0 fully saturated rings. The highest BCUT2D eigenvalue weighted by Crippen LogP contribution is 2.70. The molecule has 0 aromatic rings.